The molecule has 2 aromatic rings. The third kappa shape index (κ3) is 1.30. The molecule has 0 saturated heterocycles. The molecule has 0 unspecified atom stereocenters. The molecule has 0 radical (unpaired) electrons. The van der Waals surface area contributed by atoms with Crippen molar-refractivity contribution in [2.75, 3.05) is 0 Å². The second-order valence-corrected chi connectivity index (χ2v) is 5.25. The van der Waals surface area contributed by atoms with E-state index in [4.69, 9.17) is 0 Å². The van der Waals surface area contributed by atoms with Gasteiger partial charge in [0.25, 0.3) is 0 Å². The third-order valence-electron chi connectivity index (χ3n) is 3.04. The van der Waals surface area contributed by atoms with E-state index in [2.05, 4.69) is 12.1 Å². The summed E-state index contributed by atoms with van der Waals surface area (Å²) in [5.41, 5.74) is 1.12. The molecule has 3 rings (SSSR count). The van der Waals surface area contributed by atoms with Gasteiger partial charge in [0.05, 0.1) is 0 Å². The average molecular weight is 228 g/mol. The fourth-order valence-corrected chi connectivity index (χ4v) is 3.46. The zero-order valence-corrected chi connectivity index (χ0v) is 9.79. The predicted molar refractivity (Wildman–Crippen MR) is 65.7 cm³/mol. The largest absolute Gasteiger partial charge is 0.381 e. The van der Waals surface area contributed by atoms with Crippen molar-refractivity contribution in [1.82, 2.24) is 0 Å². The van der Waals surface area contributed by atoms with Crippen LogP contribution in [0, 0.1) is 0 Å². The molecule has 0 atom stereocenters. The minimum atomic E-state index is -0.877. The Balaban J connectivity index is 2.28. The molecule has 0 amide bonds. The summed E-state index contributed by atoms with van der Waals surface area (Å²) in [6, 6.07) is 16.1. The molecule has 0 fully saturated rings. The van der Waals surface area contributed by atoms with Crippen molar-refractivity contribution in [3.05, 3.63) is 59.7 Å². The first-order chi connectivity index (χ1) is 7.69. The zero-order valence-electron chi connectivity index (χ0n) is 8.97. The van der Waals surface area contributed by atoms with E-state index in [0.29, 0.717) is 0 Å². The molecule has 0 bridgehead atoms. The van der Waals surface area contributed by atoms with Crippen molar-refractivity contribution >= 4 is 11.8 Å². The van der Waals surface area contributed by atoms with Crippen LogP contribution in [0.15, 0.2) is 58.3 Å². The van der Waals surface area contributed by atoms with Crippen molar-refractivity contribution < 1.29 is 5.11 Å². The van der Waals surface area contributed by atoms with Crippen LogP contribution in [0.4, 0.5) is 0 Å². The summed E-state index contributed by atoms with van der Waals surface area (Å²) in [4.78, 5) is 2.29. The molecular weight excluding hydrogens is 216 g/mol. The highest BCUT2D eigenvalue weighted by molar-refractivity contribution is 7.99. The smallest absolute Gasteiger partial charge is 0.114 e. The molecule has 0 saturated carbocycles. The molecule has 2 aromatic carbocycles. The van der Waals surface area contributed by atoms with Crippen LogP contribution in [0.2, 0.25) is 0 Å². The summed E-state index contributed by atoms with van der Waals surface area (Å²) < 4.78 is 0. The molecule has 1 nitrogen and oxygen atoms in total. The van der Waals surface area contributed by atoms with Crippen LogP contribution in [0.25, 0.3) is 0 Å². The van der Waals surface area contributed by atoms with Crippen LogP contribution in [0.1, 0.15) is 18.1 Å². The van der Waals surface area contributed by atoms with Crippen molar-refractivity contribution in [1.29, 1.82) is 0 Å². The van der Waals surface area contributed by atoms with Crippen molar-refractivity contribution in [3.8, 4) is 0 Å². The Kier molecular flexibility index (Phi) is 2.09. The van der Waals surface area contributed by atoms with E-state index in [9.17, 15) is 5.11 Å². The van der Waals surface area contributed by atoms with E-state index < -0.39 is 5.60 Å². The first kappa shape index (κ1) is 9.94. The molecule has 1 aliphatic rings. The second kappa shape index (κ2) is 3.37. The van der Waals surface area contributed by atoms with Crippen molar-refractivity contribution in [2.45, 2.75) is 22.3 Å². The van der Waals surface area contributed by atoms with Gasteiger partial charge in [-0.25, -0.2) is 0 Å². The van der Waals surface area contributed by atoms with Crippen molar-refractivity contribution in [2.24, 2.45) is 0 Å². The monoisotopic (exact) mass is 228 g/mol. The van der Waals surface area contributed by atoms with Crippen LogP contribution < -0.4 is 0 Å². The van der Waals surface area contributed by atoms with Gasteiger partial charge in [-0.15, -0.1) is 0 Å². The Morgan fingerprint density at radius 2 is 1.31 bits per heavy atom. The second-order valence-electron chi connectivity index (χ2n) is 4.17. The summed E-state index contributed by atoms with van der Waals surface area (Å²) in [6.45, 7) is 1.87. The fraction of sp³-hybridized carbons (Fsp3) is 0.143. The normalized spacial score (nSPS) is 16.4. The summed E-state index contributed by atoms with van der Waals surface area (Å²) in [5.74, 6) is 0. The molecule has 2 heteroatoms. The molecule has 1 aliphatic heterocycles. The Labute approximate surface area is 99.1 Å². The highest BCUT2D eigenvalue weighted by atomic mass is 32.2. The molecule has 1 N–H and O–H groups in total. The van der Waals surface area contributed by atoms with Gasteiger partial charge in [0.2, 0.25) is 0 Å². The van der Waals surface area contributed by atoms with Crippen LogP contribution >= 0.6 is 11.8 Å². The van der Waals surface area contributed by atoms with Gasteiger partial charge in [-0.2, -0.15) is 0 Å². The van der Waals surface area contributed by atoms with Crippen LogP contribution in [0.5, 0.6) is 0 Å². The lowest BCUT2D eigenvalue weighted by atomic mass is 9.88. The highest BCUT2D eigenvalue weighted by Gasteiger charge is 2.34. The van der Waals surface area contributed by atoms with Gasteiger partial charge in [0, 0.05) is 20.9 Å². The average Bonchev–Trinajstić information content (AvgIpc) is 2.29. The van der Waals surface area contributed by atoms with Crippen LogP contribution in [-0.2, 0) is 5.60 Å². The minimum Gasteiger partial charge on any atom is -0.381 e. The van der Waals surface area contributed by atoms with Crippen LogP contribution in [-0.4, -0.2) is 5.11 Å². The first-order valence-electron chi connectivity index (χ1n) is 5.29. The molecule has 0 aliphatic carbocycles. The number of rotatable bonds is 0. The van der Waals surface area contributed by atoms with E-state index in [1.165, 1.54) is 0 Å². The maximum atomic E-state index is 10.7. The summed E-state index contributed by atoms with van der Waals surface area (Å²) in [5, 5.41) is 10.7. The van der Waals surface area contributed by atoms with Gasteiger partial charge < -0.3 is 5.11 Å². The number of benzene rings is 2. The molecular formula is C14H12OS. The Hall–Kier alpha value is -1.25. The van der Waals surface area contributed by atoms with E-state index in [0.717, 1.165) is 20.9 Å². The van der Waals surface area contributed by atoms with E-state index in [1.54, 1.807) is 11.8 Å². The quantitative estimate of drug-likeness (QED) is 0.745. The molecule has 16 heavy (non-hydrogen) atoms. The maximum Gasteiger partial charge on any atom is 0.114 e. The standard InChI is InChI=1S/C14H12OS/c1-14(15)10-6-2-4-8-12(10)16-13-9-5-3-7-11(13)14/h2-9,15H,1H3. The summed E-state index contributed by atoms with van der Waals surface area (Å²) in [7, 11) is 0. The Morgan fingerprint density at radius 1 is 0.875 bits per heavy atom. The topological polar surface area (TPSA) is 20.2 Å². The van der Waals surface area contributed by atoms with Gasteiger partial charge in [0.1, 0.15) is 5.60 Å². The molecule has 1 heterocycles. The Morgan fingerprint density at radius 3 is 1.81 bits per heavy atom. The van der Waals surface area contributed by atoms with Gasteiger partial charge >= 0.3 is 0 Å². The van der Waals surface area contributed by atoms with Gasteiger partial charge in [-0.05, 0) is 19.1 Å². The first-order valence-corrected chi connectivity index (χ1v) is 6.10. The zero-order chi connectivity index (χ0) is 11.2. The number of hydrogen-bond donors (Lipinski definition) is 1. The fourth-order valence-electron chi connectivity index (χ4n) is 2.18. The SMILES string of the molecule is CC1(O)c2ccccc2Sc2ccccc21. The van der Waals surface area contributed by atoms with E-state index in [-0.39, 0.29) is 0 Å². The minimum absolute atomic E-state index is 0.877. The predicted octanol–water partition coefficient (Wildman–Crippen LogP) is 3.41. The van der Waals surface area contributed by atoms with E-state index in [1.807, 2.05) is 43.3 Å². The molecule has 0 spiro atoms. The van der Waals surface area contributed by atoms with Crippen LogP contribution in [0.3, 0.4) is 0 Å². The van der Waals surface area contributed by atoms with E-state index >= 15 is 0 Å². The lowest BCUT2D eigenvalue weighted by molar-refractivity contribution is 0.0952. The summed E-state index contributed by atoms with van der Waals surface area (Å²) >= 11 is 1.72. The van der Waals surface area contributed by atoms with Gasteiger partial charge in [0.15, 0.2) is 0 Å². The molecule has 0 aromatic heterocycles. The lowest BCUT2D eigenvalue weighted by Crippen LogP contribution is -2.26. The summed E-state index contributed by atoms with van der Waals surface area (Å²) in [6.07, 6.45) is 0. The maximum absolute atomic E-state index is 10.7. The van der Waals surface area contributed by atoms with Gasteiger partial charge in [-0.3, -0.25) is 0 Å². The number of aliphatic hydroxyl groups is 1. The lowest BCUT2D eigenvalue weighted by Gasteiger charge is -2.32. The third-order valence-corrected chi connectivity index (χ3v) is 4.19. The Bertz CT molecular complexity index is 498. The number of fused-ring (bicyclic) bond motifs is 2. The van der Waals surface area contributed by atoms with Gasteiger partial charge in [-0.1, -0.05) is 48.2 Å². The number of hydrogen-bond acceptors (Lipinski definition) is 2. The highest BCUT2D eigenvalue weighted by Crippen LogP contribution is 2.47. The molecule has 80 valence electrons. The van der Waals surface area contributed by atoms with Crippen molar-refractivity contribution in [3.63, 3.8) is 0 Å².